The van der Waals surface area contributed by atoms with E-state index < -0.39 is 10.0 Å². The van der Waals surface area contributed by atoms with Crippen LogP contribution < -0.4 is 15.4 Å². The van der Waals surface area contributed by atoms with Crippen LogP contribution in [0.2, 0.25) is 0 Å². The molecule has 2 amide bonds. The largest absolute Gasteiger partial charge is 0.349 e. The number of benzene rings is 2. The number of nitrogens with zero attached hydrogens (tertiary/aromatic N) is 1. The summed E-state index contributed by atoms with van der Waals surface area (Å²) >= 11 is 0. The lowest BCUT2D eigenvalue weighted by Gasteiger charge is -2.10. The molecule has 8 nitrogen and oxygen atoms in total. The smallest absolute Gasteiger partial charge is 0.253 e. The molecule has 0 aliphatic heterocycles. The number of rotatable bonds is 8. The van der Waals surface area contributed by atoms with Gasteiger partial charge in [0.1, 0.15) is 0 Å². The Morgan fingerprint density at radius 3 is 2.44 bits per heavy atom. The third-order valence-electron chi connectivity index (χ3n) is 5.40. The first-order valence-electron chi connectivity index (χ1n) is 10.9. The van der Waals surface area contributed by atoms with Gasteiger partial charge in [0.2, 0.25) is 10.0 Å². The fourth-order valence-corrected chi connectivity index (χ4v) is 4.02. The number of aryl methyl sites for hydroxylation is 1. The second-order valence-corrected chi connectivity index (χ2v) is 10.2. The Morgan fingerprint density at radius 1 is 1.00 bits per heavy atom. The molecule has 0 atom stereocenters. The Bertz CT molecular complexity index is 1330. The van der Waals surface area contributed by atoms with Gasteiger partial charge >= 0.3 is 0 Å². The molecule has 1 heterocycles. The number of nitrogens with one attached hydrogen (secondary N) is 3. The first kappa shape index (κ1) is 23.4. The highest BCUT2D eigenvalue weighted by Crippen LogP contribution is 2.24. The SMILES string of the molecule is Cc1ccc(C(=O)NC2CC2)cc1-c1ccc(C(=O)NCc2cccc(NS(C)(=O)=O)c2)cn1. The van der Waals surface area contributed by atoms with E-state index in [2.05, 4.69) is 20.3 Å². The Labute approximate surface area is 198 Å². The highest BCUT2D eigenvalue weighted by atomic mass is 32.2. The summed E-state index contributed by atoms with van der Waals surface area (Å²) in [7, 11) is -3.38. The number of carbonyl (C=O) groups is 2. The molecule has 0 bridgehead atoms. The summed E-state index contributed by atoms with van der Waals surface area (Å²) in [6, 6.07) is 16.1. The number of anilines is 1. The molecule has 0 radical (unpaired) electrons. The van der Waals surface area contributed by atoms with E-state index in [9.17, 15) is 18.0 Å². The van der Waals surface area contributed by atoms with E-state index in [1.807, 2.05) is 19.1 Å². The molecule has 4 rings (SSSR count). The zero-order chi connectivity index (χ0) is 24.3. The molecule has 1 aliphatic carbocycles. The summed E-state index contributed by atoms with van der Waals surface area (Å²) in [6.45, 7) is 2.18. The molecule has 1 fully saturated rings. The molecule has 0 spiro atoms. The van der Waals surface area contributed by atoms with Crippen molar-refractivity contribution in [2.24, 2.45) is 0 Å². The van der Waals surface area contributed by atoms with Crippen LogP contribution in [-0.4, -0.2) is 37.5 Å². The second kappa shape index (κ2) is 9.64. The van der Waals surface area contributed by atoms with Crippen molar-refractivity contribution in [3.05, 3.63) is 83.0 Å². The third-order valence-corrected chi connectivity index (χ3v) is 6.00. The van der Waals surface area contributed by atoms with Gasteiger partial charge in [0.25, 0.3) is 11.8 Å². The molecule has 0 unspecified atom stereocenters. The maximum atomic E-state index is 12.6. The van der Waals surface area contributed by atoms with Gasteiger partial charge in [-0.2, -0.15) is 0 Å². The van der Waals surface area contributed by atoms with Gasteiger partial charge in [-0.15, -0.1) is 0 Å². The molecule has 34 heavy (non-hydrogen) atoms. The molecule has 3 aromatic rings. The number of pyridine rings is 1. The van der Waals surface area contributed by atoms with Crippen LogP contribution in [0, 0.1) is 6.92 Å². The van der Waals surface area contributed by atoms with Gasteiger partial charge in [0.15, 0.2) is 0 Å². The lowest BCUT2D eigenvalue weighted by Crippen LogP contribution is -2.25. The van der Waals surface area contributed by atoms with Crippen LogP contribution in [0.15, 0.2) is 60.8 Å². The lowest BCUT2D eigenvalue weighted by atomic mass is 10.0. The van der Waals surface area contributed by atoms with Crippen molar-refractivity contribution in [2.45, 2.75) is 32.4 Å². The van der Waals surface area contributed by atoms with E-state index in [-0.39, 0.29) is 24.4 Å². The molecule has 1 aliphatic rings. The average molecular weight is 479 g/mol. The minimum atomic E-state index is -3.38. The minimum Gasteiger partial charge on any atom is -0.349 e. The Balaban J connectivity index is 1.42. The lowest BCUT2D eigenvalue weighted by molar-refractivity contribution is 0.0942. The monoisotopic (exact) mass is 478 g/mol. The summed E-state index contributed by atoms with van der Waals surface area (Å²) < 4.78 is 25.2. The summed E-state index contributed by atoms with van der Waals surface area (Å²) in [5.74, 6) is -0.384. The molecule has 9 heteroatoms. The van der Waals surface area contributed by atoms with E-state index in [1.165, 1.54) is 6.20 Å². The molecule has 1 saturated carbocycles. The fraction of sp³-hybridized carbons (Fsp3) is 0.240. The average Bonchev–Trinajstić information content (AvgIpc) is 3.61. The number of aromatic nitrogens is 1. The standard InChI is InChI=1S/C25H26N4O4S/c1-16-6-7-18(25(31)28-20-9-10-20)13-22(16)23-11-8-19(15-26-23)24(30)27-14-17-4-3-5-21(12-17)29-34(2,32)33/h3-8,11-13,15,20,29H,9-10,14H2,1-2H3,(H,27,30)(H,28,31). The second-order valence-electron chi connectivity index (χ2n) is 8.47. The van der Waals surface area contributed by atoms with E-state index >= 15 is 0 Å². The van der Waals surface area contributed by atoms with Crippen molar-refractivity contribution in [3.63, 3.8) is 0 Å². The predicted molar refractivity (Wildman–Crippen MR) is 131 cm³/mol. The van der Waals surface area contributed by atoms with Gasteiger partial charge < -0.3 is 10.6 Å². The first-order valence-corrected chi connectivity index (χ1v) is 12.8. The topological polar surface area (TPSA) is 117 Å². The Hall–Kier alpha value is -3.72. The number of carbonyl (C=O) groups excluding carboxylic acids is 2. The maximum Gasteiger partial charge on any atom is 0.253 e. The van der Waals surface area contributed by atoms with Gasteiger partial charge in [0, 0.05) is 35.6 Å². The van der Waals surface area contributed by atoms with Crippen LogP contribution >= 0.6 is 0 Å². The normalized spacial score (nSPS) is 13.2. The Morgan fingerprint density at radius 2 is 1.76 bits per heavy atom. The molecule has 1 aromatic heterocycles. The van der Waals surface area contributed by atoms with Crippen molar-refractivity contribution in [2.75, 3.05) is 11.0 Å². The van der Waals surface area contributed by atoms with Crippen LogP contribution in [0.3, 0.4) is 0 Å². The van der Waals surface area contributed by atoms with E-state index in [0.717, 1.165) is 35.8 Å². The van der Waals surface area contributed by atoms with Crippen molar-refractivity contribution in [1.29, 1.82) is 0 Å². The predicted octanol–water partition coefficient (Wildman–Crippen LogP) is 3.25. The van der Waals surface area contributed by atoms with Crippen molar-refractivity contribution >= 4 is 27.5 Å². The molecule has 0 saturated heterocycles. The van der Waals surface area contributed by atoms with Crippen LogP contribution in [-0.2, 0) is 16.6 Å². The third kappa shape index (κ3) is 6.20. The summed E-state index contributed by atoms with van der Waals surface area (Å²) in [5.41, 5.74) is 4.67. The number of amides is 2. The van der Waals surface area contributed by atoms with E-state index in [1.54, 1.807) is 42.5 Å². The molecule has 3 N–H and O–H groups in total. The zero-order valence-electron chi connectivity index (χ0n) is 19.0. The first-order chi connectivity index (χ1) is 16.2. The molecule has 2 aromatic carbocycles. The summed E-state index contributed by atoms with van der Waals surface area (Å²) in [4.78, 5) is 29.4. The van der Waals surface area contributed by atoms with Crippen LogP contribution in [0.4, 0.5) is 5.69 Å². The number of sulfonamides is 1. The fourth-order valence-electron chi connectivity index (χ4n) is 3.47. The van der Waals surface area contributed by atoms with E-state index in [0.29, 0.717) is 22.5 Å². The van der Waals surface area contributed by atoms with Crippen molar-refractivity contribution in [3.8, 4) is 11.3 Å². The zero-order valence-corrected chi connectivity index (χ0v) is 19.8. The van der Waals surface area contributed by atoms with Crippen LogP contribution in [0.1, 0.15) is 44.7 Å². The number of hydrogen-bond acceptors (Lipinski definition) is 5. The number of hydrogen-bond donors (Lipinski definition) is 3. The van der Waals surface area contributed by atoms with Crippen molar-refractivity contribution in [1.82, 2.24) is 15.6 Å². The summed E-state index contributed by atoms with van der Waals surface area (Å²) in [6.07, 6.45) is 4.64. The van der Waals surface area contributed by atoms with Gasteiger partial charge in [0.05, 0.1) is 17.5 Å². The molecule has 176 valence electrons. The minimum absolute atomic E-state index is 0.0875. The maximum absolute atomic E-state index is 12.6. The van der Waals surface area contributed by atoms with Gasteiger partial charge in [-0.3, -0.25) is 19.3 Å². The summed E-state index contributed by atoms with van der Waals surface area (Å²) in [5, 5.41) is 5.80. The highest BCUT2D eigenvalue weighted by Gasteiger charge is 2.24. The highest BCUT2D eigenvalue weighted by molar-refractivity contribution is 7.92. The molecular weight excluding hydrogens is 452 g/mol. The van der Waals surface area contributed by atoms with E-state index in [4.69, 9.17) is 0 Å². The van der Waals surface area contributed by atoms with Crippen molar-refractivity contribution < 1.29 is 18.0 Å². The quantitative estimate of drug-likeness (QED) is 0.459. The van der Waals surface area contributed by atoms with Gasteiger partial charge in [-0.05, 0) is 67.3 Å². The van der Waals surface area contributed by atoms with Crippen LogP contribution in [0.25, 0.3) is 11.3 Å². The Kier molecular flexibility index (Phi) is 6.65. The van der Waals surface area contributed by atoms with Gasteiger partial charge in [-0.1, -0.05) is 18.2 Å². The van der Waals surface area contributed by atoms with Gasteiger partial charge in [-0.25, -0.2) is 8.42 Å². The van der Waals surface area contributed by atoms with Crippen LogP contribution in [0.5, 0.6) is 0 Å². The molecular formula is C25H26N4O4S.